The molecule has 0 N–H and O–H groups in total. The fourth-order valence-corrected chi connectivity index (χ4v) is 1.73. The number of carbonyl (C=O) groups is 3. The molecule has 0 aromatic heterocycles. The first-order valence-electron chi connectivity index (χ1n) is 6.82. The zero-order valence-corrected chi connectivity index (χ0v) is 13.1. The zero-order valence-electron chi connectivity index (χ0n) is 13.1. The second-order valence-electron chi connectivity index (χ2n) is 5.87. The van der Waals surface area contributed by atoms with E-state index >= 15 is 0 Å². The minimum atomic E-state index is -0.970. The lowest BCUT2D eigenvalue weighted by Crippen LogP contribution is -2.46. The van der Waals surface area contributed by atoms with Crippen molar-refractivity contribution >= 4 is 17.8 Å². The van der Waals surface area contributed by atoms with Crippen molar-refractivity contribution in [1.29, 1.82) is 0 Å². The number of amides is 1. The first-order valence-corrected chi connectivity index (χ1v) is 6.82. The summed E-state index contributed by atoms with van der Waals surface area (Å²) >= 11 is 0. The summed E-state index contributed by atoms with van der Waals surface area (Å²) in [5.74, 6) is 3.17. The van der Waals surface area contributed by atoms with Crippen molar-refractivity contribution in [3.05, 3.63) is 0 Å². The van der Waals surface area contributed by atoms with Crippen LogP contribution in [-0.2, 0) is 19.1 Å². The van der Waals surface area contributed by atoms with E-state index in [1.165, 1.54) is 11.9 Å². The smallest absolute Gasteiger partial charge is 0.410 e. The number of hydrogen-bond donors (Lipinski definition) is 0. The van der Waals surface area contributed by atoms with E-state index in [1.54, 1.807) is 27.7 Å². The molecular formula is C15H21NO5. The maximum absolute atomic E-state index is 12.1. The molecule has 0 aliphatic heterocycles. The third-order valence-corrected chi connectivity index (χ3v) is 3.01. The van der Waals surface area contributed by atoms with Crippen molar-refractivity contribution in [2.45, 2.75) is 51.7 Å². The normalized spacial score (nSPS) is 15.3. The van der Waals surface area contributed by atoms with E-state index in [0.29, 0.717) is 12.8 Å². The number of ketones is 1. The predicted octanol–water partition coefficient (Wildman–Crippen LogP) is 1.52. The minimum absolute atomic E-state index is 0.199. The van der Waals surface area contributed by atoms with Crippen molar-refractivity contribution < 1.29 is 23.9 Å². The second-order valence-corrected chi connectivity index (χ2v) is 5.87. The van der Waals surface area contributed by atoms with Gasteiger partial charge in [0.25, 0.3) is 0 Å². The molecule has 21 heavy (non-hydrogen) atoms. The highest BCUT2D eigenvalue weighted by Gasteiger charge is 2.55. The highest BCUT2D eigenvalue weighted by molar-refractivity contribution is 6.09. The van der Waals surface area contributed by atoms with Gasteiger partial charge in [-0.15, -0.1) is 0 Å². The van der Waals surface area contributed by atoms with Crippen LogP contribution in [0.2, 0.25) is 0 Å². The summed E-state index contributed by atoms with van der Waals surface area (Å²) in [5, 5.41) is 0. The Balaban J connectivity index is 2.75. The average Bonchev–Trinajstić information content (AvgIpc) is 3.14. The summed E-state index contributed by atoms with van der Waals surface area (Å²) in [6.45, 7) is 7.10. The fraction of sp³-hybridized carbons (Fsp3) is 0.667. The van der Waals surface area contributed by atoms with Crippen LogP contribution in [0.1, 0.15) is 40.5 Å². The van der Waals surface area contributed by atoms with Crippen molar-refractivity contribution in [2.24, 2.45) is 0 Å². The van der Waals surface area contributed by atoms with Gasteiger partial charge in [0.1, 0.15) is 11.1 Å². The van der Waals surface area contributed by atoms with Gasteiger partial charge in [-0.2, -0.15) is 0 Å². The first kappa shape index (κ1) is 17.0. The largest absolute Gasteiger partial charge is 0.456 e. The lowest BCUT2D eigenvalue weighted by Gasteiger charge is -2.28. The Morgan fingerprint density at radius 3 is 2.19 bits per heavy atom. The number of nitrogens with zero attached hydrogens (tertiary/aromatic N) is 1. The first-order chi connectivity index (χ1) is 9.62. The van der Waals surface area contributed by atoms with Crippen LogP contribution >= 0.6 is 0 Å². The van der Waals surface area contributed by atoms with Gasteiger partial charge in [0.2, 0.25) is 5.78 Å². The van der Waals surface area contributed by atoms with E-state index in [9.17, 15) is 14.4 Å². The summed E-state index contributed by atoms with van der Waals surface area (Å²) in [5.41, 5.74) is -1.61. The number of carbonyl (C=O) groups excluding carboxylic acids is 3. The molecular weight excluding hydrogens is 274 g/mol. The number of rotatable bonds is 3. The van der Waals surface area contributed by atoms with Crippen LogP contribution in [0.25, 0.3) is 0 Å². The van der Waals surface area contributed by atoms with E-state index < -0.39 is 29.0 Å². The van der Waals surface area contributed by atoms with Crippen LogP contribution in [0.5, 0.6) is 0 Å². The average molecular weight is 295 g/mol. The van der Waals surface area contributed by atoms with Gasteiger partial charge < -0.3 is 9.47 Å². The van der Waals surface area contributed by atoms with Crippen LogP contribution < -0.4 is 0 Å². The quantitative estimate of drug-likeness (QED) is 0.341. The van der Waals surface area contributed by atoms with Crippen molar-refractivity contribution in [2.75, 3.05) is 13.7 Å². The monoisotopic (exact) mass is 295 g/mol. The summed E-state index contributed by atoms with van der Waals surface area (Å²) in [7, 11) is 1.50. The highest BCUT2D eigenvalue weighted by Crippen LogP contribution is 2.42. The van der Waals surface area contributed by atoms with Crippen LogP contribution in [0.4, 0.5) is 4.79 Å². The van der Waals surface area contributed by atoms with Crippen LogP contribution in [-0.4, -0.2) is 47.5 Å². The number of ether oxygens (including phenoxy) is 2. The Labute approximate surface area is 124 Å². The van der Waals surface area contributed by atoms with E-state index in [4.69, 9.17) is 4.74 Å². The number of esters is 1. The molecule has 0 aromatic carbocycles. The maximum Gasteiger partial charge on any atom is 0.410 e. The molecule has 0 atom stereocenters. The third-order valence-electron chi connectivity index (χ3n) is 3.01. The molecule has 0 spiro atoms. The Morgan fingerprint density at radius 1 is 1.19 bits per heavy atom. The van der Waals surface area contributed by atoms with Crippen LogP contribution in [0.15, 0.2) is 0 Å². The molecule has 0 radical (unpaired) electrons. The van der Waals surface area contributed by atoms with E-state index in [-0.39, 0.29) is 6.61 Å². The Kier molecular flexibility index (Phi) is 5.00. The lowest BCUT2D eigenvalue weighted by atomic mass is 10.1. The molecule has 0 heterocycles. The van der Waals surface area contributed by atoms with Crippen LogP contribution in [0.3, 0.4) is 0 Å². The molecule has 1 aliphatic carbocycles. The Hall–Kier alpha value is -2.03. The van der Waals surface area contributed by atoms with Gasteiger partial charge in [-0.3, -0.25) is 9.69 Å². The summed E-state index contributed by atoms with van der Waals surface area (Å²) < 4.78 is 9.86. The van der Waals surface area contributed by atoms with Gasteiger partial charge in [0.05, 0.1) is 6.61 Å². The lowest BCUT2D eigenvalue weighted by molar-refractivity contribution is -0.136. The molecule has 1 saturated carbocycles. The van der Waals surface area contributed by atoms with Gasteiger partial charge in [-0.1, -0.05) is 0 Å². The minimum Gasteiger partial charge on any atom is -0.456 e. The van der Waals surface area contributed by atoms with Gasteiger partial charge in [0, 0.05) is 13.0 Å². The maximum atomic E-state index is 12.1. The molecule has 116 valence electrons. The van der Waals surface area contributed by atoms with Gasteiger partial charge >= 0.3 is 12.1 Å². The summed E-state index contributed by atoms with van der Waals surface area (Å²) in [6.07, 6.45) is 0.448. The van der Waals surface area contributed by atoms with Gasteiger partial charge in [0.15, 0.2) is 0 Å². The van der Waals surface area contributed by atoms with E-state index in [0.717, 1.165) is 0 Å². The molecule has 0 bridgehead atoms. The zero-order chi connectivity index (χ0) is 16.3. The third kappa shape index (κ3) is 4.48. The fourth-order valence-electron chi connectivity index (χ4n) is 1.73. The van der Waals surface area contributed by atoms with Crippen molar-refractivity contribution in [3.8, 4) is 11.8 Å². The Bertz CT molecular complexity index is 502. The number of hydrogen-bond acceptors (Lipinski definition) is 5. The molecule has 1 aliphatic rings. The Morgan fingerprint density at radius 2 is 1.76 bits per heavy atom. The van der Waals surface area contributed by atoms with Gasteiger partial charge in [-0.25, -0.2) is 9.59 Å². The summed E-state index contributed by atoms with van der Waals surface area (Å²) in [6, 6.07) is 0. The standard InChI is InChI=1S/C15H21NO5/c1-6-20-12(18)8-7-11(17)15(9-10-15)16(5)13(19)21-14(2,3)4/h6,9-10H2,1-5H3. The van der Waals surface area contributed by atoms with Crippen LogP contribution in [0, 0.1) is 11.8 Å². The van der Waals surface area contributed by atoms with Crippen molar-refractivity contribution in [3.63, 3.8) is 0 Å². The van der Waals surface area contributed by atoms with Crippen molar-refractivity contribution in [1.82, 2.24) is 4.90 Å². The molecule has 6 heteroatoms. The SMILES string of the molecule is CCOC(=O)C#CC(=O)C1(N(C)C(=O)OC(C)(C)C)CC1. The molecule has 6 nitrogen and oxygen atoms in total. The number of likely N-dealkylation sites (N-methyl/N-ethyl adjacent to an activating group) is 1. The molecule has 1 amide bonds. The molecule has 1 fully saturated rings. The van der Waals surface area contributed by atoms with E-state index in [2.05, 4.69) is 16.6 Å². The van der Waals surface area contributed by atoms with E-state index in [1.807, 2.05) is 0 Å². The summed E-state index contributed by atoms with van der Waals surface area (Å²) in [4.78, 5) is 36.5. The molecule has 0 saturated heterocycles. The second kappa shape index (κ2) is 6.17. The topological polar surface area (TPSA) is 72.9 Å². The molecule has 0 unspecified atom stereocenters. The number of Topliss-reactive ketones (excluding diaryl/α,β-unsaturated/α-hetero) is 1. The molecule has 0 aromatic rings. The predicted molar refractivity (Wildman–Crippen MR) is 75.4 cm³/mol. The highest BCUT2D eigenvalue weighted by atomic mass is 16.6. The van der Waals surface area contributed by atoms with Gasteiger partial charge in [-0.05, 0) is 46.5 Å². The molecule has 1 rings (SSSR count).